The van der Waals surface area contributed by atoms with Gasteiger partial charge in [-0.25, -0.2) is 0 Å². The molecule has 146 valence electrons. The summed E-state index contributed by atoms with van der Waals surface area (Å²) in [6, 6.07) is 8.36. The van der Waals surface area contributed by atoms with Gasteiger partial charge in [0, 0.05) is 52.0 Å². The van der Waals surface area contributed by atoms with Gasteiger partial charge in [-0.1, -0.05) is 13.8 Å². The van der Waals surface area contributed by atoms with Crippen molar-refractivity contribution in [2.45, 2.75) is 20.3 Å². The Bertz CT molecular complexity index is 536. The number of guanidine groups is 1. The number of nitrogens with one attached hydrogen (secondary N) is 2. The SMILES string of the molecule is CN=C(NCCCN1CCN(c2ccc(OC)cc2)CC1)NCC(C)C. The number of benzene rings is 1. The number of hydrogen-bond acceptors (Lipinski definition) is 4. The molecule has 1 heterocycles. The maximum absolute atomic E-state index is 5.23. The fourth-order valence-electron chi connectivity index (χ4n) is 3.05. The minimum atomic E-state index is 0.621. The summed E-state index contributed by atoms with van der Waals surface area (Å²) in [5.41, 5.74) is 1.28. The highest BCUT2D eigenvalue weighted by molar-refractivity contribution is 5.79. The van der Waals surface area contributed by atoms with Crippen LogP contribution in [0, 0.1) is 5.92 Å². The highest BCUT2D eigenvalue weighted by Crippen LogP contribution is 2.20. The topological polar surface area (TPSA) is 52.1 Å². The first kappa shape index (κ1) is 20.4. The number of piperazine rings is 1. The van der Waals surface area contributed by atoms with Crippen LogP contribution in [0.5, 0.6) is 5.75 Å². The van der Waals surface area contributed by atoms with Crippen molar-refractivity contribution in [3.8, 4) is 5.75 Å². The zero-order valence-electron chi connectivity index (χ0n) is 16.8. The van der Waals surface area contributed by atoms with Crippen LogP contribution in [0.25, 0.3) is 0 Å². The highest BCUT2D eigenvalue weighted by Gasteiger charge is 2.16. The molecule has 0 amide bonds. The molecule has 2 rings (SSSR count). The Morgan fingerprint density at radius 1 is 1.12 bits per heavy atom. The van der Waals surface area contributed by atoms with Gasteiger partial charge < -0.3 is 20.3 Å². The average molecular weight is 362 g/mol. The summed E-state index contributed by atoms with van der Waals surface area (Å²) in [6.07, 6.45) is 1.13. The normalized spacial score (nSPS) is 16.0. The van der Waals surface area contributed by atoms with E-state index in [1.54, 1.807) is 7.11 Å². The van der Waals surface area contributed by atoms with E-state index in [1.807, 2.05) is 19.2 Å². The van der Waals surface area contributed by atoms with Crippen LogP contribution in [0.2, 0.25) is 0 Å². The standard InChI is InChI=1S/C20H35N5O/c1-17(2)16-23-20(21-3)22-10-5-11-24-12-14-25(15-13-24)18-6-8-19(26-4)9-7-18/h6-9,17H,5,10-16H2,1-4H3,(H2,21,22,23). The van der Waals surface area contributed by atoms with Crippen LogP contribution >= 0.6 is 0 Å². The maximum Gasteiger partial charge on any atom is 0.190 e. The minimum absolute atomic E-state index is 0.621. The maximum atomic E-state index is 5.23. The Labute approximate surface area is 158 Å². The lowest BCUT2D eigenvalue weighted by Gasteiger charge is -2.36. The first-order chi connectivity index (χ1) is 12.6. The minimum Gasteiger partial charge on any atom is -0.497 e. The number of nitrogens with zero attached hydrogens (tertiary/aromatic N) is 3. The molecule has 0 saturated carbocycles. The summed E-state index contributed by atoms with van der Waals surface area (Å²) < 4.78 is 5.23. The van der Waals surface area contributed by atoms with Crippen molar-refractivity contribution in [3.63, 3.8) is 0 Å². The second-order valence-corrected chi connectivity index (χ2v) is 7.15. The first-order valence-electron chi connectivity index (χ1n) is 9.68. The van der Waals surface area contributed by atoms with E-state index in [0.29, 0.717) is 5.92 Å². The van der Waals surface area contributed by atoms with E-state index in [2.05, 4.69) is 51.4 Å². The van der Waals surface area contributed by atoms with Gasteiger partial charge in [0.2, 0.25) is 0 Å². The van der Waals surface area contributed by atoms with Gasteiger partial charge in [-0.2, -0.15) is 0 Å². The zero-order chi connectivity index (χ0) is 18.8. The molecule has 6 nitrogen and oxygen atoms in total. The van der Waals surface area contributed by atoms with Crippen LogP contribution in [0.4, 0.5) is 5.69 Å². The summed E-state index contributed by atoms with van der Waals surface area (Å²) >= 11 is 0. The fraction of sp³-hybridized carbons (Fsp3) is 0.650. The van der Waals surface area contributed by atoms with Gasteiger partial charge in [0.05, 0.1) is 7.11 Å². The van der Waals surface area contributed by atoms with E-state index in [0.717, 1.165) is 63.9 Å². The van der Waals surface area contributed by atoms with Crippen LogP contribution in [0.15, 0.2) is 29.3 Å². The molecule has 0 spiro atoms. The van der Waals surface area contributed by atoms with Gasteiger partial charge in [0.1, 0.15) is 5.75 Å². The van der Waals surface area contributed by atoms with E-state index in [9.17, 15) is 0 Å². The van der Waals surface area contributed by atoms with Gasteiger partial charge in [-0.15, -0.1) is 0 Å². The highest BCUT2D eigenvalue weighted by atomic mass is 16.5. The smallest absolute Gasteiger partial charge is 0.190 e. The predicted molar refractivity (Wildman–Crippen MR) is 110 cm³/mol. The van der Waals surface area contributed by atoms with Crippen LogP contribution in [0.1, 0.15) is 20.3 Å². The molecular weight excluding hydrogens is 326 g/mol. The van der Waals surface area contributed by atoms with E-state index in [1.165, 1.54) is 5.69 Å². The molecule has 0 aromatic heterocycles. The molecule has 1 aromatic carbocycles. The molecule has 6 heteroatoms. The second kappa shape index (κ2) is 10.9. The Hall–Kier alpha value is -1.95. The summed E-state index contributed by atoms with van der Waals surface area (Å²) in [5.74, 6) is 2.44. The van der Waals surface area contributed by atoms with Gasteiger partial charge in [0.15, 0.2) is 5.96 Å². The molecule has 26 heavy (non-hydrogen) atoms. The predicted octanol–water partition coefficient (Wildman–Crippen LogP) is 2.03. The Morgan fingerprint density at radius 2 is 1.81 bits per heavy atom. The summed E-state index contributed by atoms with van der Waals surface area (Å²) in [6.45, 7) is 11.8. The Kier molecular flexibility index (Phi) is 8.54. The average Bonchev–Trinajstić information content (AvgIpc) is 2.68. The van der Waals surface area contributed by atoms with Gasteiger partial charge >= 0.3 is 0 Å². The first-order valence-corrected chi connectivity index (χ1v) is 9.68. The van der Waals surface area contributed by atoms with Crippen molar-refractivity contribution < 1.29 is 4.74 Å². The van der Waals surface area contributed by atoms with Crippen LogP contribution < -0.4 is 20.3 Å². The van der Waals surface area contributed by atoms with Gasteiger partial charge in [-0.3, -0.25) is 9.89 Å². The largest absolute Gasteiger partial charge is 0.497 e. The van der Waals surface area contributed by atoms with Crippen molar-refractivity contribution in [1.29, 1.82) is 0 Å². The zero-order valence-corrected chi connectivity index (χ0v) is 16.8. The number of anilines is 1. The summed E-state index contributed by atoms with van der Waals surface area (Å²) in [7, 11) is 3.53. The lowest BCUT2D eigenvalue weighted by molar-refractivity contribution is 0.255. The van der Waals surface area contributed by atoms with Crippen LogP contribution in [-0.4, -0.2) is 70.8 Å². The van der Waals surface area contributed by atoms with Crippen molar-refractivity contribution in [1.82, 2.24) is 15.5 Å². The molecule has 0 radical (unpaired) electrons. The third kappa shape index (κ3) is 6.75. The van der Waals surface area contributed by atoms with Crippen molar-refractivity contribution in [2.24, 2.45) is 10.9 Å². The Balaban J connectivity index is 1.62. The van der Waals surface area contributed by atoms with Gasteiger partial charge in [0.25, 0.3) is 0 Å². The van der Waals surface area contributed by atoms with Crippen molar-refractivity contribution >= 4 is 11.6 Å². The molecule has 1 aliphatic heterocycles. The number of hydrogen-bond donors (Lipinski definition) is 2. The van der Waals surface area contributed by atoms with E-state index in [4.69, 9.17) is 4.74 Å². The second-order valence-electron chi connectivity index (χ2n) is 7.15. The summed E-state index contributed by atoms with van der Waals surface area (Å²) in [5, 5.41) is 6.75. The monoisotopic (exact) mass is 361 g/mol. The lowest BCUT2D eigenvalue weighted by Crippen LogP contribution is -2.47. The molecule has 0 bridgehead atoms. The van der Waals surface area contributed by atoms with Crippen LogP contribution in [0.3, 0.4) is 0 Å². The lowest BCUT2D eigenvalue weighted by atomic mass is 10.2. The quantitative estimate of drug-likeness (QED) is 0.422. The van der Waals surface area contributed by atoms with E-state index in [-0.39, 0.29) is 0 Å². The molecule has 0 aliphatic carbocycles. The van der Waals surface area contributed by atoms with E-state index >= 15 is 0 Å². The number of rotatable bonds is 8. The molecule has 2 N–H and O–H groups in total. The van der Waals surface area contributed by atoms with Gasteiger partial charge in [-0.05, 0) is 43.1 Å². The molecule has 0 unspecified atom stereocenters. The van der Waals surface area contributed by atoms with Crippen LogP contribution in [-0.2, 0) is 0 Å². The third-order valence-corrected chi connectivity index (χ3v) is 4.65. The molecule has 1 fully saturated rings. The number of aliphatic imine (C=N–C) groups is 1. The van der Waals surface area contributed by atoms with E-state index < -0.39 is 0 Å². The molecule has 1 saturated heterocycles. The summed E-state index contributed by atoms with van der Waals surface area (Å²) in [4.78, 5) is 9.26. The molecule has 1 aromatic rings. The number of methoxy groups -OCH3 is 1. The van der Waals surface area contributed by atoms with Crippen molar-refractivity contribution in [3.05, 3.63) is 24.3 Å². The number of ether oxygens (including phenoxy) is 1. The molecule has 1 aliphatic rings. The molecular formula is C20H35N5O. The Morgan fingerprint density at radius 3 is 2.38 bits per heavy atom. The molecule has 0 atom stereocenters. The van der Waals surface area contributed by atoms with Crippen molar-refractivity contribution in [2.75, 3.05) is 64.9 Å². The third-order valence-electron chi connectivity index (χ3n) is 4.65. The fourth-order valence-corrected chi connectivity index (χ4v) is 3.05.